The minimum atomic E-state index is -0.797. The Labute approximate surface area is 123 Å². The van der Waals surface area contributed by atoms with Crippen molar-refractivity contribution in [3.8, 4) is 0 Å². The largest absolute Gasteiger partial charge is 0.478 e. The van der Waals surface area contributed by atoms with Gasteiger partial charge in [-0.05, 0) is 30.6 Å². The third-order valence-electron chi connectivity index (χ3n) is 5.49. The third-order valence-corrected chi connectivity index (χ3v) is 5.49. The summed E-state index contributed by atoms with van der Waals surface area (Å²) >= 11 is 0. The summed E-state index contributed by atoms with van der Waals surface area (Å²) in [5, 5.41) is 9.14. The molecule has 1 unspecified atom stereocenters. The Kier molecular flexibility index (Phi) is 6.12. The summed E-state index contributed by atoms with van der Waals surface area (Å²) in [5.41, 5.74) is 0.427. The molecular weight excluding hydrogens is 248 g/mol. The zero-order chi connectivity index (χ0) is 14.4. The summed E-state index contributed by atoms with van der Waals surface area (Å²) in [5.74, 6) is 1.37. The van der Waals surface area contributed by atoms with E-state index in [1.807, 2.05) is 0 Å². The minimum absolute atomic E-state index is 0.427. The topological polar surface area (TPSA) is 37.3 Å². The van der Waals surface area contributed by atoms with Gasteiger partial charge in [0.05, 0.1) is 0 Å². The van der Waals surface area contributed by atoms with Crippen molar-refractivity contribution in [1.82, 2.24) is 0 Å². The molecule has 2 rings (SSSR count). The van der Waals surface area contributed by atoms with E-state index >= 15 is 0 Å². The molecule has 0 amide bonds. The van der Waals surface area contributed by atoms with Gasteiger partial charge in [0, 0.05) is 5.57 Å². The first-order chi connectivity index (χ1) is 9.66. The van der Waals surface area contributed by atoms with Crippen LogP contribution in [0.25, 0.3) is 0 Å². The normalized spacial score (nSPS) is 23.4. The van der Waals surface area contributed by atoms with Gasteiger partial charge in [-0.25, -0.2) is 4.79 Å². The highest BCUT2D eigenvalue weighted by Crippen LogP contribution is 2.39. The number of carboxylic acids is 1. The summed E-state index contributed by atoms with van der Waals surface area (Å²) in [6.07, 6.45) is 15.5. The van der Waals surface area contributed by atoms with Gasteiger partial charge >= 0.3 is 5.97 Å². The van der Waals surface area contributed by atoms with Crippen molar-refractivity contribution in [3.63, 3.8) is 0 Å². The third kappa shape index (κ3) is 4.64. The van der Waals surface area contributed by atoms with Crippen molar-refractivity contribution in [1.29, 1.82) is 0 Å². The molecule has 1 N–H and O–H groups in total. The first-order valence-electron chi connectivity index (χ1n) is 8.58. The molecule has 0 spiro atoms. The number of rotatable bonds is 6. The first-order valence-corrected chi connectivity index (χ1v) is 8.58. The molecule has 2 saturated carbocycles. The van der Waals surface area contributed by atoms with E-state index in [4.69, 9.17) is 5.11 Å². The van der Waals surface area contributed by atoms with Gasteiger partial charge in [0.25, 0.3) is 0 Å². The first kappa shape index (κ1) is 15.6. The average molecular weight is 278 g/mol. The standard InChI is InChI=1S/C18H30O2/c1-14(18(19)20)12-17(16-10-6-3-7-11-16)13-15-8-4-2-5-9-15/h15-17H,1-13H2,(H,19,20). The molecule has 2 fully saturated rings. The summed E-state index contributed by atoms with van der Waals surface area (Å²) < 4.78 is 0. The highest BCUT2D eigenvalue weighted by Gasteiger charge is 2.28. The second kappa shape index (κ2) is 7.85. The molecule has 0 aromatic carbocycles. The summed E-state index contributed by atoms with van der Waals surface area (Å²) in [6, 6.07) is 0. The summed E-state index contributed by atoms with van der Waals surface area (Å²) in [4.78, 5) is 11.1. The lowest BCUT2D eigenvalue weighted by Crippen LogP contribution is -2.23. The number of hydrogen-bond acceptors (Lipinski definition) is 1. The summed E-state index contributed by atoms with van der Waals surface area (Å²) in [6.45, 7) is 3.78. The number of carbonyl (C=O) groups is 1. The van der Waals surface area contributed by atoms with Gasteiger partial charge in [-0.3, -0.25) is 0 Å². The van der Waals surface area contributed by atoms with Crippen molar-refractivity contribution in [2.24, 2.45) is 17.8 Å². The lowest BCUT2D eigenvalue weighted by molar-refractivity contribution is -0.133. The van der Waals surface area contributed by atoms with E-state index in [0.717, 1.165) is 18.3 Å². The van der Waals surface area contributed by atoms with Crippen LogP contribution in [0.15, 0.2) is 12.2 Å². The van der Waals surface area contributed by atoms with E-state index in [1.54, 1.807) is 0 Å². The van der Waals surface area contributed by atoms with Crippen LogP contribution in [-0.4, -0.2) is 11.1 Å². The molecule has 2 aliphatic carbocycles. The fourth-order valence-electron chi connectivity index (χ4n) is 4.30. The smallest absolute Gasteiger partial charge is 0.330 e. The Bertz CT molecular complexity index is 322. The van der Waals surface area contributed by atoms with E-state index in [-0.39, 0.29) is 0 Å². The van der Waals surface area contributed by atoms with Gasteiger partial charge < -0.3 is 5.11 Å². The average Bonchev–Trinajstić information content (AvgIpc) is 2.48. The van der Waals surface area contributed by atoms with Crippen molar-refractivity contribution in [2.75, 3.05) is 0 Å². The monoisotopic (exact) mass is 278 g/mol. The van der Waals surface area contributed by atoms with Crippen LogP contribution >= 0.6 is 0 Å². The van der Waals surface area contributed by atoms with E-state index in [0.29, 0.717) is 11.5 Å². The Hall–Kier alpha value is -0.790. The van der Waals surface area contributed by atoms with Crippen LogP contribution in [0, 0.1) is 17.8 Å². The predicted molar refractivity (Wildman–Crippen MR) is 82.6 cm³/mol. The molecule has 20 heavy (non-hydrogen) atoms. The maximum absolute atomic E-state index is 11.1. The highest BCUT2D eigenvalue weighted by molar-refractivity contribution is 5.85. The second-order valence-corrected chi connectivity index (χ2v) is 7.01. The fraction of sp³-hybridized carbons (Fsp3) is 0.833. The molecule has 0 radical (unpaired) electrons. The lowest BCUT2D eigenvalue weighted by Gasteiger charge is -2.34. The van der Waals surface area contributed by atoms with Gasteiger partial charge in [-0.15, -0.1) is 0 Å². The van der Waals surface area contributed by atoms with Gasteiger partial charge in [-0.1, -0.05) is 70.8 Å². The molecular formula is C18H30O2. The zero-order valence-electron chi connectivity index (χ0n) is 12.8. The Morgan fingerprint density at radius 2 is 1.55 bits per heavy atom. The van der Waals surface area contributed by atoms with Crippen molar-refractivity contribution in [2.45, 2.75) is 77.0 Å². The zero-order valence-corrected chi connectivity index (χ0v) is 12.8. The molecule has 2 heteroatoms. The number of aliphatic carboxylic acids is 1. The van der Waals surface area contributed by atoms with E-state index in [9.17, 15) is 4.79 Å². The van der Waals surface area contributed by atoms with Gasteiger partial charge in [-0.2, -0.15) is 0 Å². The lowest BCUT2D eigenvalue weighted by atomic mass is 9.71. The molecule has 0 bridgehead atoms. The number of hydrogen-bond donors (Lipinski definition) is 1. The summed E-state index contributed by atoms with van der Waals surface area (Å²) in [7, 11) is 0. The quantitative estimate of drug-likeness (QED) is 0.679. The van der Waals surface area contributed by atoms with Crippen LogP contribution in [0.4, 0.5) is 0 Å². The molecule has 0 aliphatic heterocycles. The van der Waals surface area contributed by atoms with Crippen molar-refractivity contribution in [3.05, 3.63) is 12.2 Å². The van der Waals surface area contributed by atoms with Crippen LogP contribution in [0.2, 0.25) is 0 Å². The van der Waals surface area contributed by atoms with Crippen LogP contribution in [0.3, 0.4) is 0 Å². The maximum atomic E-state index is 11.1. The van der Waals surface area contributed by atoms with E-state index < -0.39 is 5.97 Å². The van der Waals surface area contributed by atoms with Crippen LogP contribution in [-0.2, 0) is 4.79 Å². The second-order valence-electron chi connectivity index (χ2n) is 7.01. The van der Waals surface area contributed by atoms with Crippen LogP contribution in [0.1, 0.15) is 77.0 Å². The number of carboxylic acid groups (broad SMARTS) is 1. The Morgan fingerprint density at radius 3 is 2.10 bits per heavy atom. The highest BCUT2D eigenvalue weighted by atomic mass is 16.4. The van der Waals surface area contributed by atoms with Crippen molar-refractivity contribution >= 4 is 5.97 Å². The maximum Gasteiger partial charge on any atom is 0.330 e. The Balaban J connectivity index is 1.94. The molecule has 0 aromatic rings. The van der Waals surface area contributed by atoms with E-state index in [1.165, 1.54) is 70.6 Å². The molecule has 2 aliphatic rings. The van der Waals surface area contributed by atoms with Crippen LogP contribution in [0.5, 0.6) is 0 Å². The predicted octanol–water partition coefficient (Wildman–Crippen LogP) is 5.18. The van der Waals surface area contributed by atoms with E-state index in [2.05, 4.69) is 6.58 Å². The molecule has 2 nitrogen and oxygen atoms in total. The fourth-order valence-corrected chi connectivity index (χ4v) is 4.30. The van der Waals surface area contributed by atoms with Crippen molar-refractivity contribution < 1.29 is 9.90 Å². The SMILES string of the molecule is C=C(CC(CC1CCCCC1)C1CCCCC1)C(=O)O. The molecule has 0 aromatic heterocycles. The van der Waals surface area contributed by atoms with Gasteiger partial charge in [0.15, 0.2) is 0 Å². The molecule has 1 atom stereocenters. The molecule has 114 valence electrons. The molecule has 0 heterocycles. The van der Waals surface area contributed by atoms with Gasteiger partial charge in [0.2, 0.25) is 0 Å². The van der Waals surface area contributed by atoms with Gasteiger partial charge in [0.1, 0.15) is 0 Å². The Morgan fingerprint density at radius 1 is 1.00 bits per heavy atom. The van der Waals surface area contributed by atoms with Crippen LogP contribution < -0.4 is 0 Å². The molecule has 0 saturated heterocycles. The minimum Gasteiger partial charge on any atom is -0.478 e.